The van der Waals surface area contributed by atoms with E-state index in [1.807, 2.05) is 0 Å². The Morgan fingerprint density at radius 1 is 1.61 bits per heavy atom. The zero-order chi connectivity index (χ0) is 13.4. The van der Waals surface area contributed by atoms with E-state index in [1.165, 1.54) is 12.8 Å². The monoisotopic (exact) mass is 257 g/mol. The molecule has 0 aromatic carbocycles. The summed E-state index contributed by atoms with van der Waals surface area (Å²) >= 11 is 0. The number of hydrogen-bond acceptors (Lipinski definition) is 4. The van der Waals surface area contributed by atoms with E-state index in [2.05, 4.69) is 17.1 Å². The highest BCUT2D eigenvalue weighted by atomic mass is 16.5. The molecule has 1 amide bonds. The van der Waals surface area contributed by atoms with Crippen molar-refractivity contribution in [1.82, 2.24) is 10.2 Å². The third-order valence-electron chi connectivity index (χ3n) is 3.62. The first-order chi connectivity index (χ1) is 8.69. The summed E-state index contributed by atoms with van der Waals surface area (Å²) in [6, 6.07) is 0.0850. The summed E-state index contributed by atoms with van der Waals surface area (Å²) < 4.78 is 4.95. The highest BCUT2D eigenvalue weighted by Gasteiger charge is 2.23. The molecule has 5 heteroatoms. The molecule has 0 radical (unpaired) electrons. The minimum absolute atomic E-state index is 0.0333. The van der Waals surface area contributed by atoms with E-state index in [0.717, 1.165) is 26.1 Å². The fourth-order valence-corrected chi connectivity index (χ4v) is 2.47. The van der Waals surface area contributed by atoms with E-state index in [4.69, 9.17) is 10.5 Å². The first-order valence-corrected chi connectivity index (χ1v) is 6.95. The molecule has 1 heterocycles. The number of hydrogen-bond donors (Lipinski definition) is 2. The van der Waals surface area contributed by atoms with Crippen LogP contribution in [0.4, 0.5) is 0 Å². The van der Waals surface area contributed by atoms with Gasteiger partial charge in [0.25, 0.3) is 0 Å². The maximum Gasteiger partial charge on any atom is 0.236 e. The van der Waals surface area contributed by atoms with Gasteiger partial charge in [-0.15, -0.1) is 0 Å². The average molecular weight is 257 g/mol. The Morgan fingerprint density at radius 3 is 3.06 bits per heavy atom. The Hall–Kier alpha value is -0.650. The van der Waals surface area contributed by atoms with Crippen LogP contribution >= 0.6 is 0 Å². The van der Waals surface area contributed by atoms with Gasteiger partial charge < -0.3 is 15.8 Å². The quantitative estimate of drug-likeness (QED) is 0.615. The molecule has 3 N–H and O–H groups in total. The van der Waals surface area contributed by atoms with Gasteiger partial charge in [-0.1, -0.05) is 6.92 Å². The van der Waals surface area contributed by atoms with E-state index >= 15 is 0 Å². The maximum absolute atomic E-state index is 11.8. The summed E-state index contributed by atoms with van der Waals surface area (Å²) in [6.07, 6.45) is 3.92. The number of likely N-dealkylation sites (N-methyl/N-ethyl adjacent to an activating group) is 1. The molecule has 1 fully saturated rings. The molecule has 0 aliphatic carbocycles. The predicted octanol–water partition coefficient (Wildman–Crippen LogP) is 0.341. The second-order valence-electron chi connectivity index (χ2n) is 4.91. The van der Waals surface area contributed by atoms with E-state index in [-0.39, 0.29) is 5.91 Å². The van der Waals surface area contributed by atoms with Gasteiger partial charge in [0.2, 0.25) is 5.91 Å². The van der Waals surface area contributed by atoms with Crippen LogP contribution in [0.25, 0.3) is 0 Å². The van der Waals surface area contributed by atoms with Crippen LogP contribution in [0.3, 0.4) is 0 Å². The number of methoxy groups -OCH3 is 1. The van der Waals surface area contributed by atoms with Crippen molar-refractivity contribution in [3.8, 4) is 0 Å². The van der Waals surface area contributed by atoms with Crippen LogP contribution in [0.15, 0.2) is 0 Å². The third kappa shape index (κ3) is 4.92. The van der Waals surface area contributed by atoms with E-state index in [0.29, 0.717) is 19.1 Å². The van der Waals surface area contributed by atoms with Crippen LogP contribution in [0.2, 0.25) is 0 Å². The van der Waals surface area contributed by atoms with Gasteiger partial charge >= 0.3 is 0 Å². The topological polar surface area (TPSA) is 67.6 Å². The maximum atomic E-state index is 11.8. The molecule has 1 aliphatic rings. The van der Waals surface area contributed by atoms with Gasteiger partial charge in [-0.3, -0.25) is 9.69 Å². The Balaban J connectivity index is 2.19. The van der Waals surface area contributed by atoms with Crippen LogP contribution in [-0.4, -0.2) is 56.2 Å². The van der Waals surface area contributed by atoms with Gasteiger partial charge in [-0.25, -0.2) is 0 Å². The van der Waals surface area contributed by atoms with Gasteiger partial charge in [-0.05, 0) is 38.8 Å². The van der Waals surface area contributed by atoms with Gasteiger partial charge in [0, 0.05) is 26.3 Å². The minimum Gasteiger partial charge on any atom is -0.385 e. The molecule has 0 aromatic rings. The number of likely N-dealkylation sites (tertiary alicyclic amines) is 1. The average Bonchev–Trinajstić information content (AvgIpc) is 2.83. The number of nitrogens with zero attached hydrogens (tertiary/aromatic N) is 1. The summed E-state index contributed by atoms with van der Waals surface area (Å²) in [5, 5.41) is 2.97. The van der Waals surface area contributed by atoms with Crippen LogP contribution in [0.5, 0.6) is 0 Å². The molecule has 2 unspecified atom stereocenters. The molecule has 1 saturated heterocycles. The fraction of sp³-hybridized carbons (Fsp3) is 0.923. The largest absolute Gasteiger partial charge is 0.385 e. The number of carbonyl (C=O) groups excluding carboxylic acids is 1. The lowest BCUT2D eigenvalue weighted by molar-refractivity contribution is -0.122. The van der Waals surface area contributed by atoms with E-state index in [9.17, 15) is 4.79 Å². The summed E-state index contributed by atoms with van der Waals surface area (Å²) in [6.45, 7) is 5.76. The lowest BCUT2D eigenvalue weighted by Crippen LogP contribution is -2.46. The number of amides is 1. The van der Waals surface area contributed by atoms with Gasteiger partial charge in [-0.2, -0.15) is 0 Å². The third-order valence-corrected chi connectivity index (χ3v) is 3.62. The molecule has 2 atom stereocenters. The number of nitrogens with one attached hydrogen (secondary N) is 1. The highest BCUT2D eigenvalue weighted by Crippen LogP contribution is 2.15. The van der Waals surface area contributed by atoms with Crippen molar-refractivity contribution < 1.29 is 9.53 Å². The number of rotatable bonds is 8. The van der Waals surface area contributed by atoms with E-state index < -0.39 is 6.04 Å². The number of ether oxygens (including phenoxy) is 1. The van der Waals surface area contributed by atoms with Crippen molar-refractivity contribution in [1.29, 1.82) is 0 Å². The van der Waals surface area contributed by atoms with Crippen molar-refractivity contribution in [3.05, 3.63) is 0 Å². The summed E-state index contributed by atoms with van der Waals surface area (Å²) in [5.74, 6) is -0.0333. The molecule has 0 bridgehead atoms. The minimum atomic E-state index is -0.406. The molecule has 5 nitrogen and oxygen atoms in total. The summed E-state index contributed by atoms with van der Waals surface area (Å²) in [5.41, 5.74) is 5.83. The van der Waals surface area contributed by atoms with Crippen molar-refractivity contribution in [2.75, 3.05) is 33.4 Å². The Morgan fingerprint density at radius 2 is 2.39 bits per heavy atom. The molecule has 0 spiro atoms. The SMILES string of the molecule is CCN1CCCC1CNC(=O)C(N)CCCOC. The molecular weight excluding hydrogens is 230 g/mol. The second-order valence-corrected chi connectivity index (χ2v) is 4.91. The van der Waals surface area contributed by atoms with Crippen LogP contribution < -0.4 is 11.1 Å². The molecule has 0 saturated carbocycles. The lowest BCUT2D eigenvalue weighted by Gasteiger charge is -2.23. The van der Waals surface area contributed by atoms with Crippen LogP contribution in [0, 0.1) is 0 Å². The van der Waals surface area contributed by atoms with Crippen molar-refractivity contribution in [2.45, 2.75) is 44.7 Å². The van der Waals surface area contributed by atoms with Crippen molar-refractivity contribution in [3.63, 3.8) is 0 Å². The zero-order valence-corrected chi connectivity index (χ0v) is 11.7. The molecular formula is C13H27N3O2. The Bertz CT molecular complexity index is 248. The first-order valence-electron chi connectivity index (χ1n) is 6.95. The van der Waals surface area contributed by atoms with Gasteiger partial charge in [0.05, 0.1) is 6.04 Å². The molecule has 0 aromatic heterocycles. The Kier molecular flexibility index (Phi) is 7.23. The second kappa shape index (κ2) is 8.45. The molecule has 18 heavy (non-hydrogen) atoms. The Labute approximate surface area is 110 Å². The standard InChI is InChI=1S/C13H27N3O2/c1-3-16-8-4-6-11(16)10-15-13(17)12(14)7-5-9-18-2/h11-12H,3-10,14H2,1-2H3,(H,15,17). The zero-order valence-electron chi connectivity index (χ0n) is 11.7. The predicted molar refractivity (Wildman–Crippen MR) is 72.4 cm³/mol. The number of nitrogens with two attached hydrogens (primary N) is 1. The molecule has 1 aliphatic heterocycles. The summed E-state index contributed by atoms with van der Waals surface area (Å²) in [7, 11) is 1.66. The normalized spacial score (nSPS) is 22.1. The summed E-state index contributed by atoms with van der Waals surface area (Å²) in [4.78, 5) is 14.2. The number of carbonyl (C=O) groups is 1. The van der Waals surface area contributed by atoms with Crippen LogP contribution in [-0.2, 0) is 9.53 Å². The van der Waals surface area contributed by atoms with Crippen molar-refractivity contribution in [2.24, 2.45) is 5.73 Å². The van der Waals surface area contributed by atoms with Crippen LogP contribution in [0.1, 0.15) is 32.6 Å². The van der Waals surface area contributed by atoms with Gasteiger partial charge in [0.15, 0.2) is 0 Å². The van der Waals surface area contributed by atoms with E-state index in [1.54, 1.807) is 7.11 Å². The fourth-order valence-electron chi connectivity index (χ4n) is 2.47. The molecule has 106 valence electrons. The smallest absolute Gasteiger partial charge is 0.236 e. The van der Waals surface area contributed by atoms with Crippen molar-refractivity contribution >= 4 is 5.91 Å². The highest BCUT2D eigenvalue weighted by molar-refractivity contribution is 5.81. The first kappa shape index (κ1) is 15.4. The van der Waals surface area contributed by atoms with Gasteiger partial charge in [0.1, 0.15) is 0 Å². The molecule has 1 rings (SSSR count). The lowest BCUT2D eigenvalue weighted by atomic mass is 10.1.